The van der Waals surface area contributed by atoms with Crippen LogP contribution in [0, 0.1) is 11.7 Å². The van der Waals surface area contributed by atoms with Crippen molar-refractivity contribution in [3.05, 3.63) is 30.1 Å². The molecule has 27 heavy (non-hydrogen) atoms. The fraction of sp³-hybridized carbons (Fsp3) is 0.579. The number of hydrogen-bond acceptors (Lipinski definition) is 4. The topological polar surface area (TPSA) is 70.7 Å². The molecule has 2 atom stereocenters. The van der Waals surface area contributed by atoms with Crippen LogP contribution in [0.5, 0.6) is 5.75 Å². The lowest BCUT2D eigenvalue weighted by Gasteiger charge is -2.33. The lowest BCUT2D eigenvalue weighted by molar-refractivity contribution is -0.135. The average Bonchev–Trinajstić information content (AvgIpc) is 3.20. The second-order valence-corrected chi connectivity index (χ2v) is 6.98. The Morgan fingerprint density at radius 3 is 2.70 bits per heavy atom. The zero-order chi connectivity index (χ0) is 18.4. The number of ether oxygens (including phenoxy) is 1. The van der Waals surface area contributed by atoms with Gasteiger partial charge in [0.05, 0.1) is 6.04 Å². The Kier molecular flexibility index (Phi) is 8.31. The van der Waals surface area contributed by atoms with Crippen molar-refractivity contribution in [1.82, 2.24) is 15.5 Å². The molecular formula is C19H27ClFN3O3. The molecule has 0 aliphatic carbocycles. The van der Waals surface area contributed by atoms with Gasteiger partial charge in [-0.3, -0.25) is 9.59 Å². The van der Waals surface area contributed by atoms with Gasteiger partial charge in [-0.25, -0.2) is 4.39 Å². The van der Waals surface area contributed by atoms with Gasteiger partial charge in [-0.15, -0.1) is 12.4 Å². The minimum atomic E-state index is -0.336. The van der Waals surface area contributed by atoms with E-state index in [0.717, 1.165) is 32.2 Å². The summed E-state index contributed by atoms with van der Waals surface area (Å²) in [6.07, 6.45) is 3.85. The van der Waals surface area contributed by atoms with Crippen molar-refractivity contribution < 1.29 is 18.7 Å². The van der Waals surface area contributed by atoms with Gasteiger partial charge >= 0.3 is 0 Å². The Morgan fingerprint density at radius 1 is 1.22 bits per heavy atom. The van der Waals surface area contributed by atoms with Crippen LogP contribution in [-0.4, -0.2) is 55.5 Å². The maximum absolute atomic E-state index is 12.9. The monoisotopic (exact) mass is 399 g/mol. The van der Waals surface area contributed by atoms with E-state index in [0.29, 0.717) is 25.4 Å². The summed E-state index contributed by atoms with van der Waals surface area (Å²) >= 11 is 0. The summed E-state index contributed by atoms with van der Waals surface area (Å²) < 4.78 is 18.3. The summed E-state index contributed by atoms with van der Waals surface area (Å²) in [5.41, 5.74) is 0. The van der Waals surface area contributed by atoms with Gasteiger partial charge in [0, 0.05) is 19.6 Å². The number of nitrogens with one attached hydrogen (secondary N) is 2. The summed E-state index contributed by atoms with van der Waals surface area (Å²) in [6.45, 7) is 2.78. The van der Waals surface area contributed by atoms with Gasteiger partial charge in [-0.05, 0) is 62.4 Å². The summed E-state index contributed by atoms with van der Waals surface area (Å²) in [5.74, 6) is 0.388. The van der Waals surface area contributed by atoms with Crippen LogP contribution >= 0.6 is 12.4 Å². The number of nitrogens with zero attached hydrogens (tertiary/aromatic N) is 1. The maximum atomic E-state index is 12.9. The van der Waals surface area contributed by atoms with Crippen LogP contribution in [0.1, 0.15) is 25.7 Å². The molecule has 2 aliphatic heterocycles. The first-order valence-corrected chi connectivity index (χ1v) is 9.29. The molecule has 6 nitrogen and oxygen atoms in total. The number of likely N-dealkylation sites (tertiary alicyclic amines) is 1. The van der Waals surface area contributed by atoms with Crippen LogP contribution < -0.4 is 15.4 Å². The molecule has 0 aromatic heterocycles. The molecule has 0 bridgehead atoms. The molecule has 0 spiro atoms. The highest BCUT2D eigenvalue weighted by Gasteiger charge is 2.26. The largest absolute Gasteiger partial charge is 0.484 e. The zero-order valence-corrected chi connectivity index (χ0v) is 16.1. The summed E-state index contributed by atoms with van der Waals surface area (Å²) in [7, 11) is 0. The third kappa shape index (κ3) is 6.36. The summed E-state index contributed by atoms with van der Waals surface area (Å²) in [6, 6.07) is 5.56. The van der Waals surface area contributed by atoms with Crippen molar-refractivity contribution in [3.8, 4) is 5.75 Å². The predicted octanol–water partition coefficient (Wildman–Crippen LogP) is 1.73. The highest BCUT2D eigenvalue weighted by Crippen LogP contribution is 2.17. The first-order chi connectivity index (χ1) is 12.6. The Bertz CT molecular complexity index is 623. The van der Waals surface area contributed by atoms with Crippen LogP contribution in [0.3, 0.4) is 0 Å². The quantitative estimate of drug-likeness (QED) is 0.764. The molecule has 3 rings (SSSR count). The van der Waals surface area contributed by atoms with E-state index in [1.54, 1.807) is 4.90 Å². The van der Waals surface area contributed by atoms with Gasteiger partial charge in [0.15, 0.2) is 6.61 Å². The number of benzene rings is 1. The van der Waals surface area contributed by atoms with E-state index in [2.05, 4.69) is 10.6 Å². The minimum Gasteiger partial charge on any atom is -0.484 e. The molecule has 150 valence electrons. The van der Waals surface area contributed by atoms with Gasteiger partial charge in [0.2, 0.25) is 5.91 Å². The molecular weight excluding hydrogens is 373 g/mol. The smallest absolute Gasteiger partial charge is 0.260 e. The molecule has 2 amide bonds. The molecule has 2 aliphatic rings. The van der Waals surface area contributed by atoms with Crippen molar-refractivity contribution in [2.75, 3.05) is 32.8 Å². The summed E-state index contributed by atoms with van der Waals surface area (Å²) in [5, 5.41) is 6.20. The molecule has 0 radical (unpaired) electrons. The minimum absolute atomic E-state index is 0. The number of halogens is 2. The highest BCUT2D eigenvalue weighted by molar-refractivity contribution is 5.85. The third-order valence-electron chi connectivity index (χ3n) is 4.99. The molecule has 2 N–H and O–H groups in total. The van der Waals surface area contributed by atoms with Crippen molar-refractivity contribution in [3.63, 3.8) is 0 Å². The molecule has 8 heteroatoms. The first-order valence-electron chi connectivity index (χ1n) is 9.29. The van der Waals surface area contributed by atoms with Gasteiger partial charge in [-0.1, -0.05) is 0 Å². The predicted molar refractivity (Wildman–Crippen MR) is 102 cm³/mol. The van der Waals surface area contributed by atoms with Gasteiger partial charge in [-0.2, -0.15) is 0 Å². The number of amides is 2. The van der Waals surface area contributed by atoms with Crippen LogP contribution in [0.2, 0.25) is 0 Å². The van der Waals surface area contributed by atoms with Gasteiger partial charge in [0.25, 0.3) is 5.91 Å². The van der Waals surface area contributed by atoms with Gasteiger partial charge in [0.1, 0.15) is 11.6 Å². The lowest BCUT2D eigenvalue weighted by Crippen LogP contribution is -2.47. The van der Waals surface area contributed by atoms with Crippen LogP contribution in [0.4, 0.5) is 4.39 Å². The Hall–Kier alpha value is -1.86. The number of rotatable bonds is 6. The van der Waals surface area contributed by atoms with E-state index in [4.69, 9.17) is 4.74 Å². The number of carbonyl (C=O) groups excluding carboxylic acids is 2. The molecule has 1 aromatic rings. The zero-order valence-electron chi connectivity index (χ0n) is 15.3. The Balaban J connectivity index is 0.00000261. The molecule has 2 heterocycles. The first kappa shape index (κ1) is 21.4. The van der Waals surface area contributed by atoms with Crippen molar-refractivity contribution in [2.45, 2.75) is 31.7 Å². The molecule has 2 saturated heterocycles. The van der Waals surface area contributed by atoms with Crippen LogP contribution in [-0.2, 0) is 9.59 Å². The normalized spacial score (nSPS) is 22.0. The Labute approximate surface area is 165 Å². The molecule has 2 unspecified atom stereocenters. The lowest BCUT2D eigenvalue weighted by atomic mass is 9.97. The fourth-order valence-electron chi connectivity index (χ4n) is 3.50. The third-order valence-corrected chi connectivity index (χ3v) is 4.99. The molecule has 0 saturated carbocycles. The number of piperidine rings is 1. The van der Waals surface area contributed by atoms with Crippen molar-refractivity contribution >= 4 is 24.2 Å². The molecule has 1 aromatic carbocycles. The van der Waals surface area contributed by atoms with E-state index in [1.807, 2.05) is 0 Å². The SMILES string of the molecule is Cl.O=C(NCC1CCCN(C(=O)COc2ccc(F)cc2)C1)C1CCCN1. The summed E-state index contributed by atoms with van der Waals surface area (Å²) in [4.78, 5) is 26.2. The fourth-order valence-corrected chi connectivity index (χ4v) is 3.50. The van der Waals surface area contributed by atoms with Crippen molar-refractivity contribution in [1.29, 1.82) is 0 Å². The van der Waals surface area contributed by atoms with Crippen LogP contribution in [0.15, 0.2) is 24.3 Å². The Morgan fingerprint density at radius 2 is 2.00 bits per heavy atom. The number of hydrogen-bond donors (Lipinski definition) is 2. The van der Waals surface area contributed by atoms with E-state index >= 15 is 0 Å². The highest BCUT2D eigenvalue weighted by atomic mass is 35.5. The standard InChI is InChI=1S/C19H26FN3O3.ClH/c20-15-5-7-16(8-6-15)26-13-18(24)23-10-2-3-14(12-23)11-22-19(25)17-4-1-9-21-17;/h5-8,14,17,21H,1-4,9-13H2,(H,22,25);1H. The second kappa shape index (κ2) is 10.5. The van der Waals surface area contributed by atoms with E-state index in [9.17, 15) is 14.0 Å². The second-order valence-electron chi connectivity index (χ2n) is 6.98. The van der Waals surface area contributed by atoms with Crippen LogP contribution in [0.25, 0.3) is 0 Å². The van der Waals surface area contributed by atoms with E-state index in [1.165, 1.54) is 24.3 Å². The van der Waals surface area contributed by atoms with Gasteiger partial charge < -0.3 is 20.3 Å². The number of carbonyl (C=O) groups is 2. The van der Waals surface area contributed by atoms with E-state index < -0.39 is 0 Å². The average molecular weight is 400 g/mol. The molecule has 2 fully saturated rings. The van der Waals surface area contributed by atoms with E-state index in [-0.39, 0.29) is 48.6 Å². The maximum Gasteiger partial charge on any atom is 0.260 e. The van der Waals surface area contributed by atoms with Crippen molar-refractivity contribution in [2.24, 2.45) is 5.92 Å².